The minimum atomic E-state index is -4.66. The second-order valence-electron chi connectivity index (χ2n) is 30.8. The summed E-state index contributed by atoms with van der Waals surface area (Å²) in [6, 6.07) is 76.5. The zero-order valence-electron chi connectivity index (χ0n) is 70.0. The number of furan rings is 1. The van der Waals surface area contributed by atoms with E-state index in [9.17, 15) is 45.6 Å². The van der Waals surface area contributed by atoms with E-state index in [4.69, 9.17) is 43.6 Å². The number of thiophene rings is 1. The number of thiazole rings is 1. The Labute approximate surface area is 758 Å². The number of fused-ring (bicyclic) bond motifs is 3. The van der Waals surface area contributed by atoms with Gasteiger partial charge in [0, 0.05) is 62.7 Å². The molecular formula is C96H87Cl2F3N14O9S4. The molecule has 7 aromatic heterocycles. The Hall–Kier alpha value is -13.2. The molecule has 9 heterocycles. The van der Waals surface area contributed by atoms with Gasteiger partial charge in [-0.15, -0.1) is 44.6 Å². The number of ketones is 1. The molecule has 32 heteroatoms. The third-order valence-electron chi connectivity index (χ3n) is 21.3. The average molecular weight is 1840 g/mol. The van der Waals surface area contributed by atoms with E-state index in [-0.39, 0.29) is 85.1 Å². The Morgan fingerprint density at radius 2 is 1.31 bits per heavy atom. The van der Waals surface area contributed by atoms with Crippen LogP contribution in [0.4, 0.5) is 41.2 Å². The number of sulfonamides is 1. The summed E-state index contributed by atoms with van der Waals surface area (Å²) in [7, 11) is -3.74. The van der Waals surface area contributed by atoms with Crippen LogP contribution in [0.2, 0.25) is 10.0 Å². The minimum absolute atomic E-state index is 0.0573. The first-order valence-corrected chi connectivity index (χ1v) is 45.6. The highest BCUT2D eigenvalue weighted by Gasteiger charge is 2.45. The number of nitrogens with one attached hydrogen (secondary N) is 4. The van der Waals surface area contributed by atoms with E-state index in [1.807, 2.05) is 172 Å². The molecule has 654 valence electrons. The lowest BCUT2D eigenvalue weighted by atomic mass is 9.88. The van der Waals surface area contributed by atoms with Crippen LogP contribution < -0.4 is 32.1 Å². The lowest BCUT2D eigenvalue weighted by molar-refractivity contribution is -0.142. The number of nitrogens with two attached hydrogens (primary N) is 2. The highest BCUT2D eigenvalue weighted by molar-refractivity contribution is 8.00. The third kappa shape index (κ3) is 22.6. The van der Waals surface area contributed by atoms with Crippen molar-refractivity contribution in [1.82, 2.24) is 45.0 Å². The van der Waals surface area contributed by atoms with Gasteiger partial charge >= 0.3 is 6.18 Å². The van der Waals surface area contributed by atoms with Gasteiger partial charge in [-0.2, -0.15) is 23.1 Å². The second-order valence-corrected chi connectivity index (χ2v) is 36.5. The SMILES string of the molecule is CC1C(Cc2ccccc2)SC(NC(=O)c2cccs2)C1C(N)=O.Cc1ccc(-c2cc(C(F)(F)F)n3nc(C(=O)N4CCC(C)CC4)c(Cl)c3c2)cc1.Cc1ccc(-c2csc(Nc3ccc(S(=O)(=O)Nc4cc(C)on4)cc3)n2)cc1.Cc1ccc(-n2nc3ccc(N)cc3n2)cc1Cl.O=C(Cc1ccccc1)Nc1c(C(=O)c2ccccc2)oc2ccccc12. The van der Waals surface area contributed by atoms with Crippen molar-refractivity contribution in [3.05, 3.63) is 337 Å². The third-order valence-corrected chi connectivity index (χ3v) is 26.7. The summed E-state index contributed by atoms with van der Waals surface area (Å²) in [5.74, 6) is -0.287. The van der Waals surface area contributed by atoms with Gasteiger partial charge in [0.2, 0.25) is 17.6 Å². The maximum atomic E-state index is 13.8. The fraction of sp³-hybridized carbons (Fsp3) is 0.188. The van der Waals surface area contributed by atoms with Gasteiger partial charge in [0.15, 0.2) is 22.4 Å². The summed E-state index contributed by atoms with van der Waals surface area (Å²) in [6.45, 7) is 12.9. The van der Waals surface area contributed by atoms with E-state index in [2.05, 4.69) is 77.3 Å². The number of hydrogen-bond acceptors (Lipinski definition) is 19. The van der Waals surface area contributed by atoms with Crippen LogP contribution in [0.15, 0.2) is 279 Å². The maximum Gasteiger partial charge on any atom is 0.433 e. The van der Waals surface area contributed by atoms with E-state index < -0.39 is 27.8 Å². The van der Waals surface area contributed by atoms with Crippen LogP contribution in [0.3, 0.4) is 0 Å². The fourth-order valence-corrected chi connectivity index (χ4v) is 18.9. The number of benzene rings is 9. The van der Waals surface area contributed by atoms with E-state index in [0.29, 0.717) is 73.7 Å². The lowest BCUT2D eigenvalue weighted by Crippen LogP contribution is -2.42. The Balaban J connectivity index is 0.000000131. The first-order chi connectivity index (χ1) is 61.4. The summed E-state index contributed by atoms with van der Waals surface area (Å²) in [6.07, 6.45) is -1.87. The first-order valence-electron chi connectivity index (χ1n) is 40.6. The number of amides is 4. The zero-order chi connectivity index (χ0) is 90.5. The van der Waals surface area contributed by atoms with Gasteiger partial charge in [-0.05, 0) is 177 Å². The maximum absolute atomic E-state index is 13.8. The molecular weight excluding hydrogens is 1750 g/mol. The number of primary amides is 1. The van der Waals surface area contributed by atoms with E-state index in [0.717, 1.165) is 85.3 Å². The quantitative estimate of drug-likeness (QED) is 0.0324. The van der Waals surface area contributed by atoms with Gasteiger partial charge in [-0.3, -0.25) is 28.7 Å². The number of aromatic nitrogens is 7. The zero-order valence-corrected chi connectivity index (χ0v) is 74.7. The Morgan fingerprint density at radius 3 is 1.95 bits per heavy atom. The molecule has 2 aliphatic rings. The van der Waals surface area contributed by atoms with Crippen molar-refractivity contribution in [2.75, 3.05) is 34.2 Å². The number of nitrogen functional groups attached to an aromatic ring is 1. The molecule has 4 amide bonds. The van der Waals surface area contributed by atoms with Crippen LogP contribution in [0.5, 0.6) is 0 Å². The van der Waals surface area contributed by atoms with Crippen LogP contribution in [-0.4, -0.2) is 101 Å². The number of aryl methyl sites for hydroxylation is 4. The number of rotatable bonds is 19. The molecule has 8 N–H and O–H groups in total. The number of halogens is 5. The number of alkyl halides is 3. The van der Waals surface area contributed by atoms with Crippen LogP contribution in [0.1, 0.15) is 102 Å². The van der Waals surface area contributed by atoms with Gasteiger partial charge in [0.25, 0.3) is 21.8 Å². The van der Waals surface area contributed by atoms with Crippen molar-refractivity contribution in [2.45, 2.75) is 88.9 Å². The van der Waals surface area contributed by atoms with Crippen molar-refractivity contribution in [3.63, 3.8) is 0 Å². The molecule has 0 bridgehead atoms. The van der Waals surface area contributed by atoms with Crippen molar-refractivity contribution in [2.24, 2.45) is 23.5 Å². The second kappa shape index (κ2) is 40.6. The summed E-state index contributed by atoms with van der Waals surface area (Å²) in [4.78, 5) is 71.3. The normalized spacial score (nSPS) is 15.0. The highest BCUT2D eigenvalue weighted by atomic mass is 35.5. The largest absolute Gasteiger partial charge is 0.450 e. The molecule has 23 nitrogen and oxygen atoms in total. The fourth-order valence-electron chi connectivity index (χ4n) is 14.3. The molecule has 2 fully saturated rings. The lowest BCUT2D eigenvalue weighted by Gasteiger charge is -2.29. The number of carbonyl (C=O) groups excluding carboxylic acids is 5. The number of hydrogen-bond donors (Lipinski definition) is 6. The number of para-hydroxylation sites is 1. The van der Waals surface area contributed by atoms with Crippen LogP contribution in [0.25, 0.3) is 55.6 Å². The molecule has 0 spiro atoms. The van der Waals surface area contributed by atoms with Crippen LogP contribution in [-0.2, 0) is 38.6 Å². The van der Waals surface area contributed by atoms with Crippen molar-refractivity contribution in [3.8, 4) is 28.1 Å². The number of pyridine rings is 1. The van der Waals surface area contributed by atoms with Crippen molar-refractivity contribution >= 4 is 153 Å². The number of thioether (sulfide) groups is 1. The number of piperidine rings is 1. The molecule has 4 unspecified atom stereocenters. The topological polar surface area (TPSA) is 323 Å². The van der Waals surface area contributed by atoms with E-state index in [1.165, 1.54) is 52.0 Å². The smallest absolute Gasteiger partial charge is 0.433 e. The van der Waals surface area contributed by atoms with Gasteiger partial charge in [0.1, 0.15) is 28.1 Å². The Morgan fingerprint density at radius 1 is 0.664 bits per heavy atom. The molecule has 16 aromatic rings. The van der Waals surface area contributed by atoms with Crippen molar-refractivity contribution < 1.29 is 54.5 Å². The monoisotopic (exact) mass is 1830 g/mol. The molecule has 0 aliphatic carbocycles. The number of likely N-dealkylation sites (tertiary alicyclic amines) is 1. The molecule has 2 aliphatic heterocycles. The predicted octanol–water partition coefficient (Wildman–Crippen LogP) is 21.5. The van der Waals surface area contributed by atoms with Gasteiger partial charge in [0.05, 0.1) is 55.1 Å². The predicted molar refractivity (Wildman–Crippen MR) is 501 cm³/mol. The van der Waals surface area contributed by atoms with Crippen LogP contribution >= 0.6 is 57.6 Å². The number of nitrogens with zero attached hydrogens (tertiary/aromatic N) is 8. The molecule has 4 atom stereocenters. The molecule has 2 saturated heterocycles. The highest BCUT2D eigenvalue weighted by Crippen LogP contribution is 2.44. The van der Waals surface area contributed by atoms with Gasteiger partial charge in [-0.1, -0.05) is 217 Å². The molecule has 9 aromatic carbocycles. The van der Waals surface area contributed by atoms with Gasteiger partial charge < -0.3 is 41.3 Å². The molecule has 0 radical (unpaired) electrons. The van der Waals surface area contributed by atoms with Crippen LogP contribution in [0, 0.1) is 45.4 Å². The van der Waals surface area contributed by atoms with E-state index >= 15 is 0 Å². The summed E-state index contributed by atoms with van der Waals surface area (Å²) in [5, 5.41) is 31.4. The Kier molecular flexibility index (Phi) is 28.9. The Bertz CT molecular complexity index is 6730. The van der Waals surface area contributed by atoms with E-state index in [1.54, 1.807) is 101 Å². The van der Waals surface area contributed by atoms with Crippen molar-refractivity contribution in [1.29, 1.82) is 0 Å². The van der Waals surface area contributed by atoms with Gasteiger partial charge in [-0.25, -0.2) is 17.9 Å². The number of anilines is 5. The summed E-state index contributed by atoms with van der Waals surface area (Å²) < 4.78 is 80.1. The minimum Gasteiger partial charge on any atom is -0.450 e. The molecule has 0 saturated carbocycles. The molecule has 18 rings (SSSR count). The molecule has 128 heavy (non-hydrogen) atoms. The first kappa shape index (κ1) is 91.0. The number of carbonyl (C=O) groups is 5. The summed E-state index contributed by atoms with van der Waals surface area (Å²) >= 11 is 17.0. The average Bonchev–Trinajstić information content (AvgIpc) is 1.58. The standard InChI is InChI=1S/C23H17NO3.C22H21ClF3N3O.C20H18N4O3S2.C18H20N2O2S2.C13H11ClN4/c25-20(15-16-9-3-1-4-10-16)24-21-18-13-7-8-14-19(18)27-23(21)22(26)17-11-5-2-6-12-17;1-13-3-5-15(6-4-13)16-11-17-19(23)20(21(30)28-9-7-14(2)8-10-28)27-29(17)18(12-16)22(24,25)26;1-13-3-5-15(6-4-13)18-12-28-20(22-18)21-16-7-9-17(10-8-16)29(25,26)24-19-11-14(2)27-23-19;1-11-14(10-12-6-3-2-4-7-12)24-18(15(11)16(19)21)20-17(22)13-8-5-9-23-13;1-8-2-4-10(7-11(8)14)18-16-12-5-3-9(15)6-13(12)17-18/h1-14H,15H2,(H,24,25);3-6,11-12,14H,7-10H2,1-2H3;3-12H,1-2H3,(H,21,22)(H,23,24);2-9,11,14-15,18H,10H2,1H3,(H2,19,21)(H,20,22);2-7H,15H2,1H3. The summed E-state index contributed by atoms with van der Waals surface area (Å²) in [5.41, 5.74) is 23.9.